The zero-order valence-corrected chi connectivity index (χ0v) is 23.1. The highest BCUT2D eigenvalue weighted by Crippen LogP contribution is 2.37. The summed E-state index contributed by atoms with van der Waals surface area (Å²) in [5.41, 5.74) is 4.12. The molecule has 0 radical (unpaired) electrons. The van der Waals surface area contributed by atoms with Crippen LogP contribution in [0, 0.1) is 0 Å². The van der Waals surface area contributed by atoms with Gasteiger partial charge in [-0.15, -0.1) is 11.3 Å². The number of pyridine rings is 1. The van der Waals surface area contributed by atoms with Gasteiger partial charge in [-0.2, -0.15) is 0 Å². The highest BCUT2D eigenvalue weighted by Gasteiger charge is 2.35. The number of carbonyl (C=O) groups is 1. The van der Waals surface area contributed by atoms with Crippen molar-refractivity contribution in [3.8, 4) is 0 Å². The van der Waals surface area contributed by atoms with Crippen molar-refractivity contribution in [2.24, 2.45) is 4.99 Å². The molecule has 2 aliphatic rings. The number of rotatable bonds is 8. The van der Waals surface area contributed by atoms with Crippen LogP contribution < -0.4 is 5.69 Å². The van der Waals surface area contributed by atoms with Gasteiger partial charge in [0.1, 0.15) is 5.70 Å². The number of aliphatic imine (C=N–C) groups is 1. The van der Waals surface area contributed by atoms with Crippen LogP contribution in [0.25, 0.3) is 11.2 Å². The van der Waals surface area contributed by atoms with Gasteiger partial charge in [-0.25, -0.2) is 9.78 Å². The number of hydrogen-bond acceptors (Lipinski definition) is 5. The van der Waals surface area contributed by atoms with Gasteiger partial charge in [0.2, 0.25) is 0 Å². The standard InChI is InChI=1S/C30H35N5O2S/c1-4-9-22(35-25-13-8-16-32-27(25)33-29(35)37)12-6-5-10-21-11-7-15-31-24(18-21)28(36)34-19-26-23(14-17-38-26)30(2,3)20-34/h5,8,10-11,13-18,22H,4,6-7,9,12,19-20H2,1-3H3,(H,32,33,37)/b10-5+. The SMILES string of the molecule is CCCC(CC/C=C/C1=CCC=NC(C(=O)N2Cc3sccc3C(C)(C)C2)=C1)n1c(=O)[nH]c2ncccc21. The summed E-state index contributed by atoms with van der Waals surface area (Å²) in [7, 11) is 0. The Morgan fingerprint density at radius 1 is 1.29 bits per heavy atom. The molecule has 0 saturated heterocycles. The van der Waals surface area contributed by atoms with Crippen molar-refractivity contribution in [2.45, 2.75) is 70.9 Å². The predicted octanol–water partition coefficient (Wildman–Crippen LogP) is 6.07. The first kappa shape index (κ1) is 26.1. The van der Waals surface area contributed by atoms with Crippen molar-refractivity contribution in [1.29, 1.82) is 0 Å². The second-order valence-electron chi connectivity index (χ2n) is 10.7. The summed E-state index contributed by atoms with van der Waals surface area (Å²) in [6, 6.07) is 6.10. The average molecular weight is 530 g/mol. The molecule has 5 heterocycles. The van der Waals surface area contributed by atoms with Crippen LogP contribution in [0.4, 0.5) is 0 Å². The van der Waals surface area contributed by atoms with Gasteiger partial charge in [-0.1, -0.05) is 45.4 Å². The molecular weight excluding hydrogens is 494 g/mol. The number of aromatic nitrogens is 3. The number of hydrogen-bond donors (Lipinski definition) is 1. The Morgan fingerprint density at radius 2 is 2.16 bits per heavy atom. The van der Waals surface area contributed by atoms with Crippen LogP contribution in [-0.2, 0) is 16.8 Å². The zero-order chi connectivity index (χ0) is 26.7. The molecule has 1 atom stereocenters. The monoisotopic (exact) mass is 529 g/mol. The van der Waals surface area contributed by atoms with Crippen molar-refractivity contribution in [1.82, 2.24) is 19.4 Å². The summed E-state index contributed by atoms with van der Waals surface area (Å²) >= 11 is 1.72. The van der Waals surface area contributed by atoms with E-state index in [0.717, 1.165) is 36.8 Å². The second-order valence-corrected chi connectivity index (χ2v) is 11.7. The van der Waals surface area contributed by atoms with Gasteiger partial charge in [-0.05, 0) is 60.1 Å². The van der Waals surface area contributed by atoms with Crippen molar-refractivity contribution in [2.75, 3.05) is 6.54 Å². The number of H-pyrrole nitrogens is 1. The number of nitrogens with zero attached hydrogens (tertiary/aromatic N) is 4. The van der Waals surface area contributed by atoms with Gasteiger partial charge in [0.15, 0.2) is 5.65 Å². The van der Waals surface area contributed by atoms with E-state index < -0.39 is 0 Å². The van der Waals surface area contributed by atoms with Gasteiger partial charge < -0.3 is 4.90 Å². The molecule has 38 heavy (non-hydrogen) atoms. The van der Waals surface area contributed by atoms with E-state index in [9.17, 15) is 9.59 Å². The summed E-state index contributed by atoms with van der Waals surface area (Å²) in [6.07, 6.45) is 16.0. The molecule has 5 rings (SSSR count). The van der Waals surface area contributed by atoms with E-state index in [4.69, 9.17) is 0 Å². The van der Waals surface area contributed by atoms with Crippen LogP contribution in [-0.4, -0.2) is 38.1 Å². The number of thiophene rings is 1. The zero-order valence-electron chi connectivity index (χ0n) is 22.3. The first-order valence-electron chi connectivity index (χ1n) is 13.4. The Kier molecular flexibility index (Phi) is 7.61. The van der Waals surface area contributed by atoms with Crippen LogP contribution in [0.5, 0.6) is 0 Å². The molecule has 1 unspecified atom stereocenters. The van der Waals surface area contributed by atoms with Crippen LogP contribution in [0.2, 0.25) is 0 Å². The van der Waals surface area contributed by atoms with Crippen LogP contribution >= 0.6 is 11.3 Å². The maximum atomic E-state index is 13.5. The lowest BCUT2D eigenvalue weighted by Crippen LogP contribution is -2.44. The number of allylic oxidation sites excluding steroid dienone is 5. The lowest BCUT2D eigenvalue weighted by atomic mass is 9.81. The molecule has 0 fully saturated rings. The highest BCUT2D eigenvalue weighted by atomic mass is 32.1. The minimum atomic E-state index is -0.105. The molecule has 8 heteroatoms. The van der Waals surface area contributed by atoms with Crippen molar-refractivity contribution < 1.29 is 4.79 Å². The Bertz CT molecular complexity index is 1500. The van der Waals surface area contributed by atoms with Crippen molar-refractivity contribution in [3.63, 3.8) is 0 Å². The third-order valence-electron chi connectivity index (χ3n) is 7.35. The minimum absolute atomic E-state index is 0.0232. The fourth-order valence-electron chi connectivity index (χ4n) is 5.56. The molecular formula is C30H35N5O2S. The third-order valence-corrected chi connectivity index (χ3v) is 8.25. The molecule has 0 bridgehead atoms. The number of carbonyl (C=O) groups excluding carboxylic acids is 1. The van der Waals surface area contributed by atoms with E-state index >= 15 is 0 Å². The Labute approximate surface area is 227 Å². The number of amides is 1. The summed E-state index contributed by atoms with van der Waals surface area (Å²) in [5.74, 6) is -0.0232. The molecule has 1 N–H and O–H groups in total. The largest absolute Gasteiger partial charge is 0.331 e. The summed E-state index contributed by atoms with van der Waals surface area (Å²) in [4.78, 5) is 41.0. The molecule has 3 aromatic rings. The number of aromatic amines is 1. The van der Waals surface area contributed by atoms with E-state index in [-0.39, 0.29) is 23.1 Å². The van der Waals surface area contributed by atoms with E-state index in [1.165, 1.54) is 10.4 Å². The predicted molar refractivity (Wildman–Crippen MR) is 155 cm³/mol. The average Bonchev–Trinajstić information content (AvgIpc) is 3.42. The van der Waals surface area contributed by atoms with Gasteiger partial charge >= 0.3 is 5.69 Å². The minimum Gasteiger partial charge on any atom is -0.331 e. The van der Waals surface area contributed by atoms with Crippen LogP contribution in [0.3, 0.4) is 0 Å². The number of nitrogens with one attached hydrogen (secondary N) is 1. The molecule has 3 aromatic heterocycles. The molecule has 0 spiro atoms. The topological polar surface area (TPSA) is 83.4 Å². The van der Waals surface area contributed by atoms with Crippen molar-refractivity contribution in [3.05, 3.63) is 86.3 Å². The van der Waals surface area contributed by atoms with Crippen molar-refractivity contribution >= 4 is 34.6 Å². The van der Waals surface area contributed by atoms with E-state index in [1.54, 1.807) is 17.5 Å². The highest BCUT2D eigenvalue weighted by molar-refractivity contribution is 7.10. The third kappa shape index (κ3) is 5.36. The first-order valence-corrected chi connectivity index (χ1v) is 14.3. The Hall–Kier alpha value is -3.52. The quantitative estimate of drug-likeness (QED) is 0.385. The van der Waals surface area contributed by atoms with Gasteiger partial charge in [0, 0.05) is 41.7 Å². The molecule has 1 amide bonds. The van der Waals surface area contributed by atoms with Gasteiger partial charge in [-0.3, -0.25) is 19.3 Å². The van der Waals surface area contributed by atoms with Gasteiger partial charge in [0.05, 0.1) is 12.1 Å². The summed E-state index contributed by atoms with van der Waals surface area (Å²) in [5, 5.41) is 2.12. The lowest BCUT2D eigenvalue weighted by Gasteiger charge is -2.38. The maximum Gasteiger partial charge on any atom is 0.327 e. The molecule has 198 valence electrons. The van der Waals surface area contributed by atoms with Crippen LogP contribution in [0.1, 0.15) is 69.4 Å². The van der Waals surface area contributed by atoms with Crippen LogP contribution in [0.15, 0.2) is 75.1 Å². The summed E-state index contributed by atoms with van der Waals surface area (Å²) < 4.78 is 1.86. The van der Waals surface area contributed by atoms with E-state index in [0.29, 0.717) is 30.9 Å². The molecule has 2 aliphatic heterocycles. The van der Waals surface area contributed by atoms with E-state index in [2.05, 4.69) is 65.4 Å². The lowest BCUT2D eigenvalue weighted by molar-refractivity contribution is -0.129. The molecule has 0 saturated carbocycles. The normalized spacial score (nSPS) is 17.8. The Balaban J connectivity index is 1.27. The fraction of sp³-hybridized carbons (Fsp3) is 0.400. The van der Waals surface area contributed by atoms with Gasteiger partial charge in [0.25, 0.3) is 5.91 Å². The Morgan fingerprint density at radius 3 is 3.00 bits per heavy atom. The maximum absolute atomic E-state index is 13.5. The first-order chi connectivity index (χ1) is 18.4. The number of imidazole rings is 1. The second kappa shape index (κ2) is 11.1. The smallest absolute Gasteiger partial charge is 0.327 e. The molecule has 0 aromatic carbocycles. The number of fused-ring (bicyclic) bond motifs is 2. The fourth-order valence-corrected chi connectivity index (χ4v) is 6.63. The molecule has 0 aliphatic carbocycles. The van der Waals surface area contributed by atoms with E-state index in [1.807, 2.05) is 33.9 Å². The molecule has 7 nitrogen and oxygen atoms in total. The summed E-state index contributed by atoms with van der Waals surface area (Å²) in [6.45, 7) is 7.85.